The fourth-order valence-electron chi connectivity index (χ4n) is 5.64. The van der Waals surface area contributed by atoms with E-state index in [4.69, 9.17) is 9.98 Å². The second-order valence-corrected chi connectivity index (χ2v) is 10.6. The molecule has 0 amide bonds. The van der Waals surface area contributed by atoms with Gasteiger partial charge in [-0.05, 0) is 44.3 Å². The number of rotatable bonds is 3. The van der Waals surface area contributed by atoms with E-state index in [1.165, 1.54) is 30.6 Å². The number of nitrogens with zero attached hydrogens (tertiary/aromatic N) is 7. The van der Waals surface area contributed by atoms with Crippen LogP contribution in [0.1, 0.15) is 37.8 Å². The molecule has 9 heteroatoms. The lowest BCUT2D eigenvalue weighted by molar-refractivity contribution is 0.204. The summed E-state index contributed by atoms with van der Waals surface area (Å²) in [6.45, 7) is 5.09. The Labute approximate surface area is 204 Å². The molecule has 3 aromatic heterocycles. The van der Waals surface area contributed by atoms with Crippen LogP contribution in [0.5, 0.6) is 0 Å². The van der Waals surface area contributed by atoms with Gasteiger partial charge in [0.05, 0.1) is 29.7 Å². The molecule has 0 unspecified atom stereocenters. The number of piperazine rings is 1. The highest BCUT2D eigenvalue weighted by Crippen LogP contribution is 2.42. The first-order valence-corrected chi connectivity index (χ1v) is 13.5. The SMILES string of the molecule is CSC1=NCC2(CCCCC2)n2c1cc1cnc(Nc3ccc(N4CCN(C)CC4)cn3)nc12. The van der Waals surface area contributed by atoms with Gasteiger partial charge in [0.25, 0.3) is 0 Å². The molecule has 1 aliphatic carbocycles. The van der Waals surface area contributed by atoms with Crippen LogP contribution in [-0.4, -0.2) is 75.5 Å². The van der Waals surface area contributed by atoms with Gasteiger partial charge in [0, 0.05) is 37.8 Å². The third-order valence-electron chi connectivity index (χ3n) is 7.59. The van der Waals surface area contributed by atoms with Gasteiger partial charge < -0.3 is 19.7 Å². The van der Waals surface area contributed by atoms with Crippen LogP contribution in [0.25, 0.3) is 11.0 Å². The molecule has 1 saturated heterocycles. The zero-order valence-electron chi connectivity index (χ0n) is 20.0. The minimum absolute atomic E-state index is 0.0442. The number of anilines is 3. The number of fused-ring (bicyclic) bond motifs is 4. The first kappa shape index (κ1) is 21.9. The highest BCUT2D eigenvalue weighted by molar-refractivity contribution is 8.13. The molecule has 0 bridgehead atoms. The maximum Gasteiger partial charge on any atom is 0.230 e. The van der Waals surface area contributed by atoms with Crippen molar-refractivity contribution in [2.24, 2.45) is 4.99 Å². The molecule has 1 saturated carbocycles. The monoisotopic (exact) mass is 476 g/mol. The molecule has 0 atom stereocenters. The van der Waals surface area contributed by atoms with Crippen molar-refractivity contribution in [1.82, 2.24) is 24.4 Å². The summed E-state index contributed by atoms with van der Waals surface area (Å²) in [5.41, 5.74) is 3.41. The number of nitrogens with one attached hydrogen (secondary N) is 1. The standard InChI is InChI=1S/C25H32N8S/c1-31-10-12-32(13-11-31)19-6-7-21(26-16-19)29-24-27-15-18-14-20-23(34-2)28-17-25(8-4-3-5-9-25)33(20)22(18)30-24/h6-7,14-16H,3-5,8-13,17H2,1-2H3,(H,26,27,29,30). The second kappa shape index (κ2) is 8.85. The third-order valence-corrected chi connectivity index (χ3v) is 8.31. The third kappa shape index (κ3) is 3.84. The van der Waals surface area contributed by atoms with E-state index < -0.39 is 0 Å². The van der Waals surface area contributed by atoms with Gasteiger partial charge in [-0.3, -0.25) is 4.99 Å². The zero-order chi connectivity index (χ0) is 23.1. The van der Waals surface area contributed by atoms with Crippen LogP contribution in [-0.2, 0) is 5.54 Å². The van der Waals surface area contributed by atoms with Gasteiger partial charge in [0.1, 0.15) is 16.5 Å². The molecule has 8 nitrogen and oxygen atoms in total. The number of pyridine rings is 1. The van der Waals surface area contributed by atoms with E-state index in [0.717, 1.165) is 67.5 Å². The topological polar surface area (TPSA) is 74.5 Å². The van der Waals surface area contributed by atoms with Gasteiger partial charge in [-0.15, -0.1) is 11.8 Å². The summed E-state index contributed by atoms with van der Waals surface area (Å²) in [5, 5.41) is 5.52. The van der Waals surface area contributed by atoms with E-state index in [2.05, 4.69) is 55.1 Å². The van der Waals surface area contributed by atoms with Gasteiger partial charge in [0.2, 0.25) is 5.95 Å². The highest BCUT2D eigenvalue weighted by Gasteiger charge is 2.40. The summed E-state index contributed by atoms with van der Waals surface area (Å²) in [7, 11) is 2.17. The number of thioether (sulfide) groups is 1. The molecule has 5 heterocycles. The predicted octanol–water partition coefficient (Wildman–Crippen LogP) is 4.10. The summed E-state index contributed by atoms with van der Waals surface area (Å²) in [6.07, 6.45) is 12.1. The Hall–Kier alpha value is -2.65. The molecule has 34 heavy (non-hydrogen) atoms. The van der Waals surface area contributed by atoms with Gasteiger partial charge in [-0.2, -0.15) is 4.98 Å². The smallest absolute Gasteiger partial charge is 0.230 e. The van der Waals surface area contributed by atoms with Crippen LogP contribution in [0, 0.1) is 0 Å². The van der Waals surface area contributed by atoms with Gasteiger partial charge in [-0.25, -0.2) is 9.97 Å². The van der Waals surface area contributed by atoms with E-state index in [1.54, 1.807) is 11.8 Å². The van der Waals surface area contributed by atoms with Crippen LogP contribution < -0.4 is 10.2 Å². The van der Waals surface area contributed by atoms with Crippen LogP contribution in [0.4, 0.5) is 17.5 Å². The van der Waals surface area contributed by atoms with E-state index in [9.17, 15) is 0 Å². The van der Waals surface area contributed by atoms with Crippen LogP contribution in [0.3, 0.4) is 0 Å². The molecule has 1 N–H and O–H groups in total. The number of likely N-dealkylation sites (N-methyl/N-ethyl adjacent to an activating group) is 1. The first-order chi connectivity index (χ1) is 16.6. The molecule has 3 aliphatic rings. The number of hydrogen-bond acceptors (Lipinski definition) is 8. The summed E-state index contributed by atoms with van der Waals surface area (Å²) >= 11 is 1.72. The molecular weight excluding hydrogens is 444 g/mol. The fourth-order valence-corrected chi connectivity index (χ4v) is 6.20. The van der Waals surface area contributed by atoms with Crippen LogP contribution >= 0.6 is 11.8 Å². The largest absolute Gasteiger partial charge is 0.368 e. The normalized spacial score (nSPS) is 20.4. The molecule has 0 aromatic carbocycles. The first-order valence-electron chi connectivity index (χ1n) is 12.3. The number of hydrogen-bond donors (Lipinski definition) is 1. The Bertz CT molecular complexity index is 1200. The minimum atomic E-state index is 0.0442. The molecule has 2 aliphatic heterocycles. The lowest BCUT2D eigenvalue weighted by atomic mass is 9.80. The molecule has 178 valence electrons. The summed E-state index contributed by atoms with van der Waals surface area (Å²) in [4.78, 5) is 24.0. The summed E-state index contributed by atoms with van der Waals surface area (Å²) in [5.74, 6) is 1.36. The Balaban J connectivity index is 1.30. The number of aliphatic imine (C=N–C) groups is 1. The molecule has 6 rings (SSSR count). The van der Waals surface area contributed by atoms with Crippen molar-refractivity contribution >= 4 is 45.3 Å². The van der Waals surface area contributed by atoms with E-state index in [1.807, 2.05) is 18.5 Å². The van der Waals surface area contributed by atoms with E-state index >= 15 is 0 Å². The van der Waals surface area contributed by atoms with Gasteiger partial charge >= 0.3 is 0 Å². The maximum absolute atomic E-state index is 5.00. The lowest BCUT2D eigenvalue weighted by Gasteiger charge is -2.41. The predicted molar refractivity (Wildman–Crippen MR) is 141 cm³/mol. The Morgan fingerprint density at radius 1 is 1.00 bits per heavy atom. The Morgan fingerprint density at radius 2 is 1.82 bits per heavy atom. The molecule has 2 fully saturated rings. The van der Waals surface area contributed by atoms with Crippen molar-refractivity contribution in [3.63, 3.8) is 0 Å². The molecule has 3 aromatic rings. The van der Waals surface area contributed by atoms with Crippen molar-refractivity contribution in [1.29, 1.82) is 0 Å². The Morgan fingerprint density at radius 3 is 2.56 bits per heavy atom. The summed E-state index contributed by atoms with van der Waals surface area (Å²) < 4.78 is 2.48. The molecule has 0 radical (unpaired) electrons. The highest BCUT2D eigenvalue weighted by atomic mass is 32.2. The zero-order valence-corrected chi connectivity index (χ0v) is 20.8. The van der Waals surface area contributed by atoms with Crippen LogP contribution in [0.2, 0.25) is 0 Å². The van der Waals surface area contributed by atoms with Crippen molar-refractivity contribution < 1.29 is 0 Å². The van der Waals surface area contributed by atoms with Crippen molar-refractivity contribution in [2.75, 3.05) is 56.2 Å². The second-order valence-electron chi connectivity index (χ2n) is 9.77. The summed E-state index contributed by atoms with van der Waals surface area (Å²) in [6, 6.07) is 6.37. The van der Waals surface area contributed by atoms with Gasteiger partial charge in [0.15, 0.2) is 0 Å². The average molecular weight is 477 g/mol. The van der Waals surface area contributed by atoms with E-state index in [-0.39, 0.29) is 5.54 Å². The minimum Gasteiger partial charge on any atom is -0.368 e. The lowest BCUT2D eigenvalue weighted by Crippen LogP contribution is -2.44. The van der Waals surface area contributed by atoms with Gasteiger partial charge in [-0.1, -0.05) is 19.3 Å². The van der Waals surface area contributed by atoms with Crippen LogP contribution in [0.15, 0.2) is 35.6 Å². The fraction of sp³-hybridized carbons (Fsp3) is 0.520. The number of aromatic nitrogens is 4. The molecule has 1 spiro atoms. The quantitative estimate of drug-likeness (QED) is 0.610. The Kier molecular flexibility index (Phi) is 5.69. The van der Waals surface area contributed by atoms with Crippen molar-refractivity contribution in [3.05, 3.63) is 36.3 Å². The molecular formula is C25H32N8S. The maximum atomic E-state index is 5.00. The van der Waals surface area contributed by atoms with Crippen molar-refractivity contribution in [2.45, 2.75) is 37.6 Å². The van der Waals surface area contributed by atoms with E-state index in [0.29, 0.717) is 5.95 Å². The van der Waals surface area contributed by atoms with Crippen molar-refractivity contribution in [3.8, 4) is 0 Å². The average Bonchev–Trinajstić information content (AvgIpc) is 3.26.